The Kier molecular flexibility index (Phi) is 6.66. The van der Waals surface area contributed by atoms with Crippen molar-refractivity contribution in [2.45, 2.75) is 33.8 Å². The average Bonchev–Trinajstić information content (AvgIpc) is 3.24. The number of nitrogens with zero attached hydrogens (tertiary/aromatic N) is 1. The fourth-order valence-corrected chi connectivity index (χ4v) is 4.44. The number of methoxy groups -OCH3 is 1. The molecule has 8 heteroatoms. The molecule has 0 aliphatic rings. The van der Waals surface area contributed by atoms with Crippen molar-refractivity contribution >= 4 is 39.6 Å². The van der Waals surface area contributed by atoms with Crippen LogP contribution in [0.15, 0.2) is 29.6 Å². The van der Waals surface area contributed by atoms with E-state index < -0.39 is 5.97 Å². The maximum Gasteiger partial charge on any atom is 0.341 e. The standard InChI is InChI=1S/C21H22N2O4S2/c1-12-5-7-16(8-6-12)27-10-18-22-15(11-28-18)9-17(24)23-20-19(21(25)26-4)13(2)14(3)29-20/h5-8,11H,9-10H2,1-4H3,(H,23,24). The molecule has 152 valence electrons. The summed E-state index contributed by atoms with van der Waals surface area (Å²) in [5, 5.41) is 5.97. The number of carbonyl (C=O) groups is 2. The van der Waals surface area contributed by atoms with E-state index >= 15 is 0 Å². The molecule has 0 saturated carbocycles. The molecule has 0 radical (unpaired) electrons. The first-order valence-corrected chi connectivity index (χ1v) is 10.7. The van der Waals surface area contributed by atoms with Crippen LogP contribution in [-0.2, 0) is 22.6 Å². The van der Waals surface area contributed by atoms with Crippen molar-refractivity contribution in [2.24, 2.45) is 0 Å². The molecule has 1 N–H and O–H groups in total. The topological polar surface area (TPSA) is 77.5 Å². The van der Waals surface area contributed by atoms with Gasteiger partial charge in [0.15, 0.2) is 0 Å². The number of rotatable bonds is 7. The summed E-state index contributed by atoms with van der Waals surface area (Å²) < 4.78 is 10.6. The van der Waals surface area contributed by atoms with Gasteiger partial charge in [-0.25, -0.2) is 9.78 Å². The van der Waals surface area contributed by atoms with Crippen LogP contribution in [0.5, 0.6) is 5.75 Å². The van der Waals surface area contributed by atoms with Crippen molar-refractivity contribution in [1.82, 2.24) is 4.98 Å². The number of benzene rings is 1. The van der Waals surface area contributed by atoms with E-state index in [4.69, 9.17) is 9.47 Å². The molecule has 29 heavy (non-hydrogen) atoms. The minimum Gasteiger partial charge on any atom is -0.486 e. The van der Waals surface area contributed by atoms with E-state index in [1.807, 2.05) is 50.4 Å². The van der Waals surface area contributed by atoms with Crippen LogP contribution >= 0.6 is 22.7 Å². The number of esters is 1. The number of thiazole rings is 1. The second kappa shape index (κ2) is 9.19. The van der Waals surface area contributed by atoms with Gasteiger partial charge < -0.3 is 14.8 Å². The monoisotopic (exact) mass is 430 g/mol. The predicted molar refractivity (Wildman–Crippen MR) is 115 cm³/mol. The molecule has 0 fully saturated rings. The van der Waals surface area contributed by atoms with Gasteiger partial charge in [0.1, 0.15) is 22.4 Å². The lowest BCUT2D eigenvalue weighted by atomic mass is 10.1. The van der Waals surface area contributed by atoms with E-state index in [1.165, 1.54) is 35.3 Å². The Labute approximate surface area is 177 Å². The van der Waals surface area contributed by atoms with Crippen molar-refractivity contribution in [2.75, 3.05) is 12.4 Å². The van der Waals surface area contributed by atoms with Crippen molar-refractivity contribution in [1.29, 1.82) is 0 Å². The summed E-state index contributed by atoms with van der Waals surface area (Å²) in [6, 6.07) is 7.81. The van der Waals surface area contributed by atoms with Gasteiger partial charge in [0.25, 0.3) is 0 Å². The number of ether oxygens (including phenoxy) is 2. The number of hydrogen-bond donors (Lipinski definition) is 1. The van der Waals surface area contributed by atoms with Crippen LogP contribution in [0, 0.1) is 20.8 Å². The maximum atomic E-state index is 12.5. The highest BCUT2D eigenvalue weighted by molar-refractivity contribution is 7.16. The van der Waals surface area contributed by atoms with E-state index in [9.17, 15) is 9.59 Å². The van der Waals surface area contributed by atoms with Crippen molar-refractivity contribution in [3.8, 4) is 5.75 Å². The number of hydrogen-bond acceptors (Lipinski definition) is 7. The minimum absolute atomic E-state index is 0.123. The number of nitrogens with one attached hydrogen (secondary N) is 1. The van der Waals surface area contributed by atoms with Crippen LogP contribution < -0.4 is 10.1 Å². The first-order valence-electron chi connectivity index (χ1n) is 8.98. The van der Waals surface area contributed by atoms with Crippen molar-refractivity contribution in [3.63, 3.8) is 0 Å². The predicted octanol–water partition coefficient (Wildman–Crippen LogP) is 4.68. The van der Waals surface area contributed by atoms with E-state index in [-0.39, 0.29) is 12.3 Å². The quantitative estimate of drug-likeness (QED) is 0.551. The molecule has 3 rings (SSSR count). The fourth-order valence-electron chi connectivity index (χ4n) is 2.67. The molecule has 6 nitrogen and oxygen atoms in total. The lowest BCUT2D eigenvalue weighted by molar-refractivity contribution is -0.115. The summed E-state index contributed by atoms with van der Waals surface area (Å²) in [6.45, 7) is 6.12. The Balaban J connectivity index is 1.60. The maximum absolute atomic E-state index is 12.5. The van der Waals surface area contributed by atoms with Gasteiger partial charge in [-0.05, 0) is 38.5 Å². The van der Waals surface area contributed by atoms with Crippen LogP contribution in [0.4, 0.5) is 5.00 Å². The summed E-state index contributed by atoms with van der Waals surface area (Å²) in [4.78, 5) is 29.9. The third-order valence-electron chi connectivity index (χ3n) is 4.35. The first kappa shape index (κ1) is 21.0. The molecule has 0 bridgehead atoms. The number of thiophene rings is 1. The molecular weight excluding hydrogens is 408 g/mol. The van der Waals surface area contributed by atoms with Crippen molar-refractivity contribution in [3.05, 3.63) is 61.9 Å². The second-order valence-electron chi connectivity index (χ2n) is 6.54. The van der Waals surface area contributed by atoms with Gasteiger partial charge in [0.2, 0.25) is 5.91 Å². The fraction of sp³-hybridized carbons (Fsp3) is 0.286. The molecule has 0 spiro atoms. The molecule has 2 aromatic heterocycles. The Morgan fingerprint density at radius 1 is 1.14 bits per heavy atom. The van der Waals surface area contributed by atoms with E-state index in [2.05, 4.69) is 10.3 Å². The zero-order valence-electron chi connectivity index (χ0n) is 16.7. The van der Waals surface area contributed by atoms with Gasteiger partial charge >= 0.3 is 5.97 Å². The van der Waals surface area contributed by atoms with Crippen LogP contribution in [0.25, 0.3) is 0 Å². The molecule has 1 aromatic carbocycles. The first-order chi connectivity index (χ1) is 13.9. The molecule has 2 heterocycles. The Morgan fingerprint density at radius 2 is 1.86 bits per heavy atom. The second-order valence-corrected chi connectivity index (χ2v) is 8.71. The summed E-state index contributed by atoms with van der Waals surface area (Å²) in [5.74, 6) is 0.0999. The molecule has 1 amide bonds. The number of aromatic nitrogens is 1. The molecule has 0 aliphatic heterocycles. The average molecular weight is 431 g/mol. The van der Waals surface area contributed by atoms with Gasteiger partial charge in [-0.1, -0.05) is 17.7 Å². The molecule has 0 saturated heterocycles. The SMILES string of the molecule is COC(=O)c1c(NC(=O)Cc2csc(COc3ccc(C)cc3)n2)sc(C)c1C. The van der Waals surface area contributed by atoms with Crippen LogP contribution in [0.2, 0.25) is 0 Å². The molecule has 0 aliphatic carbocycles. The summed E-state index contributed by atoms with van der Waals surface area (Å²) in [5.41, 5.74) is 3.07. The van der Waals surface area contributed by atoms with Gasteiger partial charge in [-0.3, -0.25) is 4.79 Å². The van der Waals surface area contributed by atoms with E-state index in [0.29, 0.717) is 22.9 Å². The largest absolute Gasteiger partial charge is 0.486 e. The Morgan fingerprint density at radius 3 is 2.55 bits per heavy atom. The third-order valence-corrected chi connectivity index (χ3v) is 6.35. The van der Waals surface area contributed by atoms with Gasteiger partial charge in [-0.2, -0.15) is 0 Å². The highest BCUT2D eigenvalue weighted by Crippen LogP contribution is 2.33. The lowest BCUT2D eigenvalue weighted by Crippen LogP contribution is -2.16. The summed E-state index contributed by atoms with van der Waals surface area (Å²) >= 11 is 2.82. The minimum atomic E-state index is -0.452. The number of aryl methyl sites for hydroxylation is 2. The van der Waals surface area contributed by atoms with Crippen molar-refractivity contribution < 1.29 is 19.1 Å². The highest BCUT2D eigenvalue weighted by Gasteiger charge is 2.21. The molecule has 0 unspecified atom stereocenters. The normalized spacial score (nSPS) is 10.6. The molecule has 3 aromatic rings. The number of anilines is 1. The number of carbonyl (C=O) groups excluding carboxylic acids is 2. The van der Waals surface area contributed by atoms with Gasteiger partial charge in [-0.15, -0.1) is 22.7 Å². The van der Waals surface area contributed by atoms with E-state index in [1.54, 1.807) is 0 Å². The number of amides is 1. The Hall–Kier alpha value is -2.71. The van der Waals surface area contributed by atoms with E-state index in [0.717, 1.165) is 21.2 Å². The molecule has 0 atom stereocenters. The third kappa shape index (κ3) is 5.21. The van der Waals surface area contributed by atoms with Gasteiger partial charge in [0.05, 0.1) is 24.8 Å². The van der Waals surface area contributed by atoms with Crippen LogP contribution in [0.1, 0.15) is 37.1 Å². The van der Waals surface area contributed by atoms with Crippen LogP contribution in [-0.4, -0.2) is 24.0 Å². The summed E-state index contributed by atoms with van der Waals surface area (Å²) in [6.07, 6.45) is 0.123. The Bertz CT molecular complexity index is 1020. The zero-order chi connectivity index (χ0) is 21.0. The van der Waals surface area contributed by atoms with Gasteiger partial charge in [0, 0.05) is 10.3 Å². The lowest BCUT2D eigenvalue weighted by Gasteiger charge is -2.05. The van der Waals surface area contributed by atoms with Crippen LogP contribution in [0.3, 0.4) is 0 Å². The molecular formula is C21H22N2O4S2. The summed E-state index contributed by atoms with van der Waals surface area (Å²) in [7, 11) is 1.33. The highest BCUT2D eigenvalue weighted by atomic mass is 32.1. The zero-order valence-corrected chi connectivity index (χ0v) is 18.3. The smallest absolute Gasteiger partial charge is 0.341 e.